The minimum atomic E-state index is -5.08. The second-order valence-electron chi connectivity index (χ2n) is 10.7. The van der Waals surface area contributed by atoms with Gasteiger partial charge in [0, 0.05) is 31.8 Å². The number of halogens is 6. The standard InChI is InChI=1S/C22H39N5O4S.2C2HF3O2/c23-19(15-20(28)29)21(30)25-22(24)26-10-4-18(5-11-26)31-12-6-16-3-1-2-9-27(16)17-7-13-32-14-8-17;2*3-2(4,5)1(6)7/h16-19H,1-15,23H2,(H,28,29)(H2,24,25,30);2*(H,6,7)/t16-,19+;;/m0../s1. The van der Waals surface area contributed by atoms with Gasteiger partial charge in [-0.05, 0) is 63.0 Å². The lowest BCUT2D eigenvalue weighted by Gasteiger charge is -2.43. The zero-order valence-electron chi connectivity index (χ0n) is 25.0. The molecule has 3 heterocycles. The number of carbonyl (C=O) groups excluding carboxylic acids is 1. The van der Waals surface area contributed by atoms with Gasteiger partial charge < -0.3 is 36.4 Å². The number of rotatable bonds is 8. The van der Waals surface area contributed by atoms with Crippen LogP contribution in [0.5, 0.6) is 0 Å². The zero-order chi connectivity index (χ0) is 35.1. The molecule has 20 heteroatoms. The van der Waals surface area contributed by atoms with Crippen molar-refractivity contribution in [3.05, 3.63) is 0 Å². The number of carbonyl (C=O) groups is 4. The smallest absolute Gasteiger partial charge is 0.481 e. The summed E-state index contributed by atoms with van der Waals surface area (Å²) in [6, 6.07) is 0.248. The van der Waals surface area contributed by atoms with E-state index in [1.165, 1.54) is 50.2 Å². The number of amides is 1. The molecule has 0 aliphatic carbocycles. The van der Waals surface area contributed by atoms with E-state index in [4.69, 9.17) is 41.1 Å². The molecule has 3 aliphatic heterocycles. The molecule has 0 spiro atoms. The molecule has 1 amide bonds. The van der Waals surface area contributed by atoms with Crippen LogP contribution in [0.1, 0.15) is 57.8 Å². The summed E-state index contributed by atoms with van der Waals surface area (Å²) in [4.78, 5) is 48.8. The van der Waals surface area contributed by atoms with Crippen LogP contribution in [-0.4, -0.2) is 129 Å². The van der Waals surface area contributed by atoms with Gasteiger partial charge in [0.1, 0.15) is 0 Å². The summed E-state index contributed by atoms with van der Waals surface area (Å²) in [5.41, 5.74) is 11.5. The first-order valence-corrected chi connectivity index (χ1v) is 15.6. The number of ether oxygens (including phenoxy) is 1. The third kappa shape index (κ3) is 16.1. The molecule has 2 atom stereocenters. The number of nitrogens with two attached hydrogens (primary N) is 2. The van der Waals surface area contributed by atoms with Crippen LogP contribution in [0.25, 0.3) is 0 Å². The van der Waals surface area contributed by atoms with E-state index in [1.807, 2.05) is 4.90 Å². The van der Waals surface area contributed by atoms with Crippen LogP contribution in [0.4, 0.5) is 26.3 Å². The van der Waals surface area contributed by atoms with Crippen molar-refractivity contribution in [1.82, 2.24) is 9.80 Å². The third-order valence-corrected chi connectivity index (χ3v) is 8.37. The lowest BCUT2D eigenvalue weighted by molar-refractivity contribution is -0.193. The van der Waals surface area contributed by atoms with E-state index in [0.29, 0.717) is 19.1 Å². The number of piperidine rings is 2. The Bertz CT molecular complexity index is 998. The van der Waals surface area contributed by atoms with Crippen LogP contribution < -0.4 is 11.5 Å². The Morgan fingerprint density at radius 3 is 1.87 bits per heavy atom. The summed E-state index contributed by atoms with van der Waals surface area (Å²) in [6.45, 7) is 3.36. The molecule has 0 saturated carbocycles. The topological polar surface area (TPSA) is 209 Å². The van der Waals surface area contributed by atoms with E-state index < -0.39 is 48.6 Å². The average molecular weight is 698 g/mol. The van der Waals surface area contributed by atoms with Gasteiger partial charge in [0.05, 0.1) is 18.6 Å². The molecule has 13 nitrogen and oxygen atoms in total. The lowest BCUT2D eigenvalue weighted by atomic mass is 9.95. The Balaban J connectivity index is 0.000000629. The van der Waals surface area contributed by atoms with Crippen LogP contribution in [0, 0.1) is 0 Å². The average Bonchev–Trinajstić information content (AvgIpc) is 2.97. The SMILES string of the molecule is NC(=NC(=O)[C@H](N)CC(=O)O)N1CCC(OCC[C@@H]2CCCCN2C2CCSCC2)CC1.O=C(O)C(F)(F)F.O=C(O)C(F)(F)F. The van der Waals surface area contributed by atoms with Crippen molar-refractivity contribution in [2.45, 2.75) is 94.4 Å². The van der Waals surface area contributed by atoms with Gasteiger partial charge in [-0.15, -0.1) is 0 Å². The number of aliphatic carboxylic acids is 3. The molecule has 0 unspecified atom stereocenters. The first kappa shape index (κ1) is 41.2. The molecule has 0 aromatic heterocycles. The van der Waals surface area contributed by atoms with Crippen molar-refractivity contribution in [1.29, 1.82) is 0 Å². The maximum absolute atomic E-state index is 11.9. The minimum Gasteiger partial charge on any atom is -0.481 e. The number of nitrogens with zero attached hydrogens (tertiary/aromatic N) is 3. The number of aliphatic imine (C=N–C) groups is 1. The van der Waals surface area contributed by atoms with E-state index in [-0.39, 0.29) is 12.1 Å². The van der Waals surface area contributed by atoms with Crippen LogP contribution in [0.3, 0.4) is 0 Å². The number of likely N-dealkylation sites (tertiary alicyclic amines) is 2. The van der Waals surface area contributed by atoms with E-state index in [9.17, 15) is 35.9 Å². The Kier molecular flexibility index (Phi) is 17.7. The zero-order valence-corrected chi connectivity index (χ0v) is 25.8. The Morgan fingerprint density at radius 1 is 0.870 bits per heavy atom. The van der Waals surface area contributed by atoms with Gasteiger partial charge in [-0.1, -0.05) is 6.42 Å². The molecule has 266 valence electrons. The lowest BCUT2D eigenvalue weighted by Crippen LogP contribution is -2.48. The second-order valence-corrected chi connectivity index (χ2v) is 11.9. The molecule has 3 fully saturated rings. The molecule has 3 rings (SSSR count). The van der Waals surface area contributed by atoms with Crippen molar-refractivity contribution in [3.8, 4) is 0 Å². The van der Waals surface area contributed by atoms with Crippen LogP contribution in [0.15, 0.2) is 4.99 Å². The number of thioether (sulfide) groups is 1. The summed E-state index contributed by atoms with van der Waals surface area (Å²) < 4.78 is 69.7. The first-order chi connectivity index (χ1) is 21.3. The quantitative estimate of drug-likeness (QED) is 0.141. The molecule has 7 N–H and O–H groups in total. The van der Waals surface area contributed by atoms with Gasteiger partial charge in [-0.25, -0.2) is 9.59 Å². The van der Waals surface area contributed by atoms with E-state index in [0.717, 1.165) is 31.9 Å². The molecule has 0 aromatic rings. The fraction of sp³-hybridized carbons (Fsp3) is 0.808. The summed E-state index contributed by atoms with van der Waals surface area (Å²) in [5.74, 6) is -4.64. The largest absolute Gasteiger partial charge is 0.490 e. The molecular formula is C26H41F6N5O8S. The van der Waals surface area contributed by atoms with Crippen LogP contribution >= 0.6 is 11.8 Å². The summed E-state index contributed by atoms with van der Waals surface area (Å²) in [6.07, 6.45) is -1.06. The summed E-state index contributed by atoms with van der Waals surface area (Å²) in [7, 11) is 0. The van der Waals surface area contributed by atoms with E-state index in [2.05, 4.69) is 21.7 Å². The Labute approximate surface area is 265 Å². The maximum atomic E-state index is 11.9. The number of carboxylic acid groups (broad SMARTS) is 3. The molecule has 0 bridgehead atoms. The predicted molar refractivity (Wildman–Crippen MR) is 154 cm³/mol. The van der Waals surface area contributed by atoms with Crippen molar-refractivity contribution in [2.75, 3.05) is 37.7 Å². The van der Waals surface area contributed by atoms with Crippen molar-refractivity contribution in [2.24, 2.45) is 16.5 Å². The number of guanidine groups is 1. The highest BCUT2D eigenvalue weighted by Crippen LogP contribution is 2.29. The van der Waals surface area contributed by atoms with E-state index in [1.54, 1.807) is 0 Å². The maximum Gasteiger partial charge on any atom is 0.490 e. The van der Waals surface area contributed by atoms with Crippen molar-refractivity contribution in [3.63, 3.8) is 0 Å². The number of hydrogen-bond acceptors (Lipinski definition) is 8. The van der Waals surface area contributed by atoms with Gasteiger partial charge >= 0.3 is 30.3 Å². The molecular weight excluding hydrogens is 656 g/mol. The highest BCUT2D eigenvalue weighted by atomic mass is 32.2. The van der Waals surface area contributed by atoms with Gasteiger partial charge in [0.15, 0.2) is 5.96 Å². The van der Waals surface area contributed by atoms with Gasteiger partial charge in [0.25, 0.3) is 5.91 Å². The van der Waals surface area contributed by atoms with Gasteiger partial charge in [-0.2, -0.15) is 43.1 Å². The predicted octanol–water partition coefficient (Wildman–Crippen LogP) is 2.52. The Hall–Kier alpha value is -2.84. The normalized spacial score (nSPS) is 21.2. The van der Waals surface area contributed by atoms with Gasteiger partial charge in [0.2, 0.25) is 0 Å². The number of carboxylic acids is 3. The molecule has 3 aliphatic rings. The molecule has 0 aromatic carbocycles. The van der Waals surface area contributed by atoms with Gasteiger partial charge in [-0.3, -0.25) is 14.5 Å². The van der Waals surface area contributed by atoms with E-state index >= 15 is 0 Å². The fourth-order valence-electron chi connectivity index (χ4n) is 4.99. The highest BCUT2D eigenvalue weighted by molar-refractivity contribution is 7.99. The number of alkyl halides is 6. The van der Waals surface area contributed by atoms with Crippen molar-refractivity contribution >= 4 is 41.5 Å². The highest BCUT2D eigenvalue weighted by Gasteiger charge is 2.39. The summed E-state index contributed by atoms with van der Waals surface area (Å²) in [5, 5.41) is 23.0. The van der Waals surface area contributed by atoms with Crippen LogP contribution in [0.2, 0.25) is 0 Å². The molecule has 0 radical (unpaired) electrons. The fourth-order valence-corrected chi connectivity index (χ4v) is 6.08. The number of hydrogen-bond donors (Lipinski definition) is 5. The first-order valence-electron chi connectivity index (χ1n) is 14.5. The molecule has 3 saturated heterocycles. The second kappa shape index (κ2) is 19.7. The molecule has 46 heavy (non-hydrogen) atoms. The van der Waals surface area contributed by atoms with Crippen LogP contribution in [-0.2, 0) is 23.9 Å². The minimum absolute atomic E-state index is 0.109. The summed E-state index contributed by atoms with van der Waals surface area (Å²) >= 11 is 2.09. The third-order valence-electron chi connectivity index (χ3n) is 7.32. The Morgan fingerprint density at radius 2 is 1.39 bits per heavy atom. The van der Waals surface area contributed by atoms with Crippen molar-refractivity contribution < 1.29 is 65.6 Å². The monoisotopic (exact) mass is 697 g/mol.